The second kappa shape index (κ2) is 19.6. The summed E-state index contributed by atoms with van der Waals surface area (Å²) in [4.78, 5) is 15.8. The summed E-state index contributed by atoms with van der Waals surface area (Å²) in [6.07, 6.45) is 2.86. The molecule has 1 aromatic rings. The average Bonchev–Trinajstić information content (AvgIpc) is 2.99. The summed E-state index contributed by atoms with van der Waals surface area (Å²) in [6, 6.07) is 5.64. The van der Waals surface area contributed by atoms with E-state index in [1.165, 1.54) is 0 Å². The van der Waals surface area contributed by atoms with E-state index in [4.69, 9.17) is 24.7 Å². The lowest BCUT2D eigenvalue weighted by Gasteiger charge is -2.33. The molecule has 1 aliphatic heterocycles. The summed E-state index contributed by atoms with van der Waals surface area (Å²) in [6.45, 7) is 19.2. The second-order valence-electron chi connectivity index (χ2n) is 14.0. The molecule has 1 amide bonds. The van der Waals surface area contributed by atoms with E-state index in [2.05, 4.69) is 44.0 Å². The Morgan fingerprint density at radius 2 is 1.77 bits per heavy atom. The van der Waals surface area contributed by atoms with Gasteiger partial charge < -0.3 is 35.1 Å². The highest BCUT2D eigenvalue weighted by molar-refractivity contribution is 5.79. The van der Waals surface area contributed by atoms with Crippen molar-refractivity contribution in [2.75, 3.05) is 66.8 Å². The van der Waals surface area contributed by atoms with Gasteiger partial charge in [0.25, 0.3) is 0 Å². The second-order valence-corrected chi connectivity index (χ2v) is 14.0. The fourth-order valence-corrected chi connectivity index (χ4v) is 5.70. The number of hydrogen-bond acceptors (Lipinski definition) is 8. The molecule has 9 heteroatoms. The quantitative estimate of drug-likeness (QED) is 0.172. The lowest BCUT2D eigenvalue weighted by Crippen LogP contribution is -2.45. The van der Waals surface area contributed by atoms with Gasteiger partial charge in [0.05, 0.1) is 33.0 Å². The Hall–Kier alpha value is -1.91. The third kappa shape index (κ3) is 13.6. The Balaban J connectivity index is 1.94. The SMILES string of the molecule is COCCCOc1cc(C[C@@H](C[C@H](N)[C@@H](O)C[C@H](C(=O)NCC(C)(C)CCN2CCOCC2)C(C)C)C(C)C)ccc1OC. The number of carbonyl (C=O) groups is 1. The maximum Gasteiger partial charge on any atom is 0.223 e. The molecule has 0 aliphatic carbocycles. The number of rotatable bonds is 21. The van der Waals surface area contributed by atoms with Crippen LogP contribution in [0.3, 0.4) is 0 Å². The Morgan fingerprint density at radius 1 is 1.07 bits per heavy atom. The lowest BCUT2D eigenvalue weighted by atomic mass is 9.80. The van der Waals surface area contributed by atoms with Crippen LogP contribution in [0.2, 0.25) is 0 Å². The normalized spacial score (nSPS) is 17.4. The molecule has 0 unspecified atom stereocenters. The van der Waals surface area contributed by atoms with Crippen LogP contribution in [0.1, 0.15) is 72.8 Å². The number of methoxy groups -OCH3 is 2. The zero-order valence-corrected chi connectivity index (χ0v) is 28.9. The van der Waals surface area contributed by atoms with Gasteiger partial charge in [0.15, 0.2) is 11.5 Å². The van der Waals surface area contributed by atoms with Gasteiger partial charge in [-0.25, -0.2) is 0 Å². The van der Waals surface area contributed by atoms with E-state index in [1.807, 2.05) is 26.0 Å². The van der Waals surface area contributed by atoms with Crippen molar-refractivity contribution in [2.45, 2.75) is 85.8 Å². The van der Waals surface area contributed by atoms with Crippen LogP contribution in [-0.4, -0.2) is 94.9 Å². The number of carbonyl (C=O) groups excluding carboxylic acids is 1. The highest BCUT2D eigenvalue weighted by Crippen LogP contribution is 2.32. The van der Waals surface area contributed by atoms with Crippen molar-refractivity contribution in [1.82, 2.24) is 10.2 Å². The maximum atomic E-state index is 13.3. The minimum absolute atomic E-state index is 0.00219. The van der Waals surface area contributed by atoms with E-state index in [1.54, 1.807) is 14.2 Å². The van der Waals surface area contributed by atoms with Gasteiger partial charge in [0, 0.05) is 51.7 Å². The van der Waals surface area contributed by atoms with Crippen molar-refractivity contribution < 1.29 is 28.8 Å². The van der Waals surface area contributed by atoms with Crippen LogP contribution in [0.4, 0.5) is 0 Å². The first-order valence-electron chi connectivity index (χ1n) is 16.7. The van der Waals surface area contributed by atoms with E-state index in [-0.39, 0.29) is 29.1 Å². The summed E-state index contributed by atoms with van der Waals surface area (Å²) >= 11 is 0. The number of nitrogens with two attached hydrogens (primary N) is 1. The standard InChI is InChI=1S/C35H63N3O6/c1-25(2)28(20-27-10-11-32(42-8)33(21-27)44-17-9-16-41-7)22-30(36)31(39)23-29(26(3)4)34(40)37-24-35(5,6)12-13-38-14-18-43-19-15-38/h10-11,21,25-26,28-31,39H,9,12-20,22-24,36H2,1-8H3,(H,37,40)/t28-,29-,30-,31-/m0/s1. The Bertz CT molecular complexity index is 950. The molecule has 0 aromatic heterocycles. The van der Waals surface area contributed by atoms with Crippen LogP contribution in [0.5, 0.6) is 11.5 Å². The first-order valence-corrected chi connectivity index (χ1v) is 16.7. The van der Waals surface area contributed by atoms with E-state index < -0.39 is 12.1 Å². The molecule has 1 aliphatic rings. The molecule has 2 rings (SSSR count). The maximum absolute atomic E-state index is 13.3. The first-order chi connectivity index (χ1) is 20.9. The van der Waals surface area contributed by atoms with E-state index in [0.717, 1.165) is 63.4 Å². The minimum atomic E-state index is -0.765. The first kappa shape index (κ1) is 38.3. The van der Waals surface area contributed by atoms with Crippen LogP contribution in [0, 0.1) is 29.1 Å². The molecular formula is C35H63N3O6. The van der Waals surface area contributed by atoms with Gasteiger partial charge in [0.1, 0.15) is 0 Å². The van der Waals surface area contributed by atoms with Crippen molar-refractivity contribution in [3.05, 3.63) is 23.8 Å². The van der Waals surface area contributed by atoms with Gasteiger partial charge in [-0.3, -0.25) is 9.69 Å². The van der Waals surface area contributed by atoms with Crippen LogP contribution in [0.15, 0.2) is 18.2 Å². The number of morpholine rings is 1. The summed E-state index contributed by atoms with van der Waals surface area (Å²) in [5, 5.41) is 14.4. The molecule has 1 heterocycles. The van der Waals surface area contributed by atoms with Crippen molar-refractivity contribution in [2.24, 2.45) is 34.8 Å². The van der Waals surface area contributed by atoms with Crippen LogP contribution in [0.25, 0.3) is 0 Å². The molecule has 0 spiro atoms. The Morgan fingerprint density at radius 3 is 2.39 bits per heavy atom. The highest BCUT2D eigenvalue weighted by Gasteiger charge is 2.31. The van der Waals surface area contributed by atoms with Crippen LogP contribution in [-0.2, 0) is 20.7 Å². The zero-order valence-electron chi connectivity index (χ0n) is 28.9. The summed E-state index contributed by atoms with van der Waals surface area (Å²) in [7, 11) is 3.33. The molecule has 0 radical (unpaired) electrons. The van der Waals surface area contributed by atoms with Gasteiger partial charge >= 0.3 is 0 Å². The van der Waals surface area contributed by atoms with E-state index in [9.17, 15) is 9.90 Å². The van der Waals surface area contributed by atoms with E-state index in [0.29, 0.717) is 44.3 Å². The summed E-state index contributed by atoms with van der Waals surface area (Å²) in [5.74, 6) is 1.85. The number of amides is 1. The molecular weight excluding hydrogens is 558 g/mol. The van der Waals surface area contributed by atoms with Gasteiger partial charge in [-0.2, -0.15) is 0 Å². The predicted molar refractivity (Wildman–Crippen MR) is 177 cm³/mol. The Labute approximate surface area is 267 Å². The van der Waals surface area contributed by atoms with Gasteiger partial charge in [0.2, 0.25) is 5.91 Å². The molecule has 1 aromatic carbocycles. The van der Waals surface area contributed by atoms with E-state index >= 15 is 0 Å². The van der Waals surface area contributed by atoms with Crippen molar-refractivity contribution >= 4 is 5.91 Å². The van der Waals surface area contributed by atoms with Crippen LogP contribution >= 0.6 is 0 Å². The number of ether oxygens (including phenoxy) is 4. The number of nitrogens with one attached hydrogen (secondary N) is 1. The smallest absolute Gasteiger partial charge is 0.223 e. The third-order valence-electron chi connectivity index (χ3n) is 9.07. The molecule has 9 nitrogen and oxygen atoms in total. The molecule has 4 N–H and O–H groups in total. The lowest BCUT2D eigenvalue weighted by molar-refractivity contribution is -0.128. The molecule has 44 heavy (non-hydrogen) atoms. The molecule has 0 bridgehead atoms. The van der Waals surface area contributed by atoms with Gasteiger partial charge in [-0.1, -0.05) is 47.6 Å². The minimum Gasteiger partial charge on any atom is -0.493 e. The highest BCUT2D eigenvalue weighted by atomic mass is 16.5. The number of hydrogen-bond donors (Lipinski definition) is 3. The molecule has 0 saturated carbocycles. The van der Waals surface area contributed by atoms with Crippen molar-refractivity contribution in [3.8, 4) is 11.5 Å². The average molecular weight is 622 g/mol. The summed E-state index contributed by atoms with van der Waals surface area (Å²) < 4.78 is 22.1. The zero-order chi connectivity index (χ0) is 32.7. The van der Waals surface area contributed by atoms with Crippen molar-refractivity contribution in [3.63, 3.8) is 0 Å². The fraction of sp³-hybridized carbons (Fsp3) is 0.800. The molecule has 1 saturated heterocycles. The molecule has 254 valence electrons. The fourth-order valence-electron chi connectivity index (χ4n) is 5.70. The summed E-state index contributed by atoms with van der Waals surface area (Å²) in [5.41, 5.74) is 7.75. The largest absolute Gasteiger partial charge is 0.493 e. The van der Waals surface area contributed by atoms with Gasteiger partial charge in [-0.15, -0.1) is 0 Å². The number of nitrogens with zero attached hydrogens (tertiary/aromatic N) is 1. The predicted octanol–water partition coefficient (Wildman–Crippen LogP) is 4.53. The number of aliphatic hydroxyl groups is 1. The topological polar surface area (TPSA) is 116 Å². The number of benzene rings is 1. The van der Waals surface area contributed by atoms with Gasteiger partial charge in [-0.05, 0) is 73.1 Å². The molecule has 4 atom stereocenters. The third-order valence-corrected chi connectivity index (χ3v) is 9.07. The van der Waals surface area contributed by atoms with Crippen LogP contribution < -0.4 is 20.5 Å². The monoisotopic (exact) mass is 621 g/mol. The Kier molecular flexibility index (Phi) is 17.0. The number of aliphatic hydroxyl groups excluding tert-OH is 1. The van der Waals surface area contributed by atoms with Crippen molar-refractivity contribution in [1.29, 1.82) is 0 Å². The molecule has 1 fully saturated rings.